The summed E-state index contributed by atoms with van der Waals surface area (Å²) in [6.45, 7) is 3.66. The fraction of sp³-hybridized carbons (Fsp3) is 0.278. The summed E-state index contributed by atoms with van der Waals surface area (Å²) in [4.78, 5) is 12.2. The largest absolute Gasteiger partial charge is 1.00 e. The van der Waals surface area contributed by atoms with E-state index in [0.717, 1.165) is 11.1 Å². The van der Waals surface area contributed by atoms with Gasteiger partial charge in [-0.3, -0.25) is 0 Å². The maximum atomic E-state index is 12.2. The minimum atomic E-state index is -0.605. The Balaban J connectivity index is 0. The number of carbonyl (C=O) groups excluding carboxylic acids is 1. The van der Waals surface area contributed by atoms with Gasteiger partial charge in [0.05, 0.1) is 18.1 Å². The van der Waals surface area contributed by atoms with E-state index in [1.165, 1.54) is 6.07 Å². The van der Waals surface area contributed by atoms with Crippen LogP contribution in [-0.4, -0.2) is 12.0 Å². The van der Waals surface area contributed by atoms with Gasteiger partial charge in [0, 0.05) is 21.1 Å². The molecule has 0 aliphatic carbocycles. The third-order valence-electron chi connectivity index (χ3n) is 3.94. The molecular weight excluding hydrogens is 665 g/mol. The molecule has 2 aromatic rings. The fourth-order valence-corrected chi connectivity index (χ4v) is 2.66. The average Bonchev–Trinajstić information content (AvgIpc) is 2.66. The zero-order valence-corrected chi connectivity index (χ0v) is 29.2. The second-order valence-electron chi connectivity index (χ2n) is 5.32. The van der Waals surface area contributed by atoms with E-state index >= 15 is 0 Å². The van der Waals surface area contributed by atoms with Gasteiger partial charge < -0.3 is 20.0 Å². The minimum Gasteiger partial charge on any atom is -0.872 e. The summed E-state index contributed by atoms with van der Waals surface area (Å²) in [5.41, 5.74) is 2.75. The quantitative estimate of drug-likeness (QED) is 0.327. The van der Waals surface area contributed by atoms with Crippen molar-refractivity contribution in [3.63, 3.8) is 0 Å². The van der Waals surface area contributed by atoms with Crippen LogP contribution in [0.5, 0.6) is 5.75 Å². The summed E-state index contributed by atoms with van der Waals surface area (Å²) < 4.78 is 6.02. The molecule has 0 saturated heterocycles. The van der Waals surface area contributed by atoms with E-state index in [4.69, 9.17) is 4.74 Å². The first-order valence-corrected chi connectivity index (χ1v) is 7.29. The van der Waals surface area contributed by atoms with Gasteiger partial charge in [-0.15, -0.1) is 11.3 Å². The molecule has 26 heavy (non-hydrogen) atoms. The number of carbonyl (C=O) groups is 1. The van der Waals surface area contributed by atoms with Gasteiger partial charge in [0.2, 0.25) is 0 Å². The normalized spacial score (nSPS) is 17.7. The number of rotatable bonds is 2. The molecule has 4 nitrogen and oxygen atoms in total. The summed E-state index contributed by atoms with van der Waals surface area (Å²) >= 11 is 0. The number of amides is 1. The Hall–Kier alpha value is 2.32. The van der Waals surface area contributed by atoms with E-state index < -0.39 is 12.2 Å². The first-order valence-electron chi connectivity index (χ1n) is 7.29. The number of ether oxygens (including phenoxy) is 1. The van der Waals surface area contributed by atoms with Gasteiger partial charge in [-0.25, -0.2) is 5.69 Å². The molecule has 0 N–H and O–H groups in total. The number of nitrogens with zero attached hydrogens (tertiary/aromatic N) is 1. The molecule has 1 heterocycles. The van der Waals surface area contributed by atoms with E-state index in [1.54, 1.807) is 31.2 Å². The number of hydrogen-bond acceptors (Lipinski definition) is 3. The van der Waals surface area contributed by atoms with Crippen molar-refractivity contribution in [2.24, 2.45) is 0 Å². The Labute approximate surface area is 273 Å². The zero-order valence-electron chi connectivity index (χ0n) is 15.4. The molecule has 2 atom stereocenters. The molecule has 0 unspecified atom stereocenters. The van der Waals surface area contributed by atoms with Gasteiger partial charge in [0.1, 0.15) is 0 Å². The van der Waals surface area contributed by atoms with Crippen molar-refractivity contribution in [1.29, 1.82) is 0 Å². The Bertz CT molecular complexity index is 733. The van der Waals surface area contributed by atoms with E-state index in [2.05, 4.69) is 11.4 Å². The van der Waals surface area contributed by atoms with Crippen LogP contribution in [0.1, 0.15) is 36.1 Å². The van der Waals surface area contributed by atoms with Crippen molar-refractivity contribution < 1.29 is 152 Å². The molecule has 1 aliphatic heterocycles. The summed E-state index contributed by atoms with van der Waals surface area (Å²) in [6, 6.07) is 13.3. The SMILES string of the molecule is CC[C@H]1O[C@H](c2cccc([O-])c2C)c2c[c-]ccc2[N-]C1=O.S.[Rb+].[Rb+].[W]. The minimum absolute atomic E-state index is 0. The van der Waals surface area contributed by atoms with Gasteiger partial charge in [-0.1, -0.05) is 30.7 Å². The summed E-state index contributed by atoms with van der Waals surface area (Å²) in [5.74, 6) is -0.323. The smallest absolute Gasteiger partial charge is 0.872 e. The second-order valence-corrected chi connectivity index (χ2v) is 5.32. The second kappa shape index (κ2) is 14.3. The van der Waals surface area contributed by atoms with Crippen LogP contribution < -0.4 is 121 Å². The maximum absolute atomic E-state index is 12.2. The first kappa shape index (κ1) is 30.5. The van der Waals surface area contributed by atoms with Gasteiger partial charge in [0.15, 0.2) is 0 Å². The van der Waals surface area contributed by atoms with Crippen molar-refractivity contribution in [3.8, 4) is 5.75 Å². The molecule has 0 saturated carbocycles. The molecule has 1 amide bonds. The molecule has 128 valence electrons. The van der Waals surface area contributed by atoms with Crippen molar-refractivity contribution in [2.75, 3.05) is 0 Å². The van der Waals surface area contributed by atoms with Crippen LogP contribution in [0.15, 0.2) is 36.4 Å². The van der Waals surface area contributed by atoms with Crippen molar-refractivity contribution >= 4 is 25.1 Å². The van der Waals surface area contributed by atoms with Crippen molar-refractivity contribution in [1.82, 2.24) is 0 Å². The van der Waals surface area contributed by atoms with Crippen LogP contribution >= 0.6 is 13.5 Å². The molecular formula is C18H18NO3Rb2SW-. The third-order valence-corrected chi connectivity index (χ3v) is 3.94. The maximum Gasteiger partial charge on any atom is 1.00 e. The molecule has 8 heteroatoms. The van der Waals surface area contributed by atoms with E-state index in [0.29, 0.717) is 17.7 Å². The van der Waals surface area contributed by atoms with Crippen LogP contribution in [0.25, 0.3) is 5.32 Å². The van der Waals surface area contributed by atoms with Crippen LogP contribution in [0, 0.1) is 13.0 Å². The standard InChI is InChI=1S/C18H18NO3.2Rb.H2S.W/c1-3-16-18(21)19-14-9-5-4-7-13(14)17(22-16)12-8-6-10-15(20)11(12)2;;;;/h5-10,16-17H,3H2,1-2H3,(H2,19,20,21);;;1H2;/q-1;2*+1;;/p-2/t16-,17-;;;;/m1..../s1. The Morgan fingerprint density at radius 3 is 2.58 bits per heavy atom. The predicted octanol–water partition coefficient (Wildman–Crippen LogP) is -2.58. The van der Waals surface area contributed by atoms with E-state index in [9.17, 15) is 9.90 Å². The van der Waals surface area contributed by atoms with Crippen LogP contribution in [0.4, 0.5) is 5.69 Å². The van der Waals surface area contributed by atoms with Crippen LogP contribution in [0.2, 0.25) is 0 Å². The number of benzene rings is 2. The molecule has 1 aliphatic rings. The molecule has 2 aromatic carbocycles. The topological polar surface area (TPSA) is 63.5 Å². The fourth-order valence-electron chi connectivity index (χ4n) is 2.66. The Morgan fingerprint density at radius 2 is 1.92 bits per heavy atom. The van der Waals surface area contributed by atoms with Crippen molar-refractivity contribution in [2.45, 2.75) is 32.5 Å². The van der Waals surface area contributed by atoms with E-state index in [1.807, 2.05) is 13.0 Å². The summed E-state index contributed by atoms with van der Waals surface area (Å²) in [5, 5.41) is 16.1. The number of hydrogen-bond donors (Lipinski definition) is 0. The molecule has 0 aromatic heterocycles. The first-order chi connectivity index (χ1) is 10.6. The average molecular weight is 683 g/mol. The molecule has 0 fully saturated rings. The van der Waals surface area contributed by atoms with Gasteiger partial charge in [-0.05, 0) is 18.9 Å². The summed E-state index contributed by atoms with van der Waals surface area (Å²) in [7, 11) is 0. The number of fused-ring (bicyclic) bond motifs is 1. The molecule has 0 bridgehead atoms. The van der Waals surface area contributed by atoms with Gasteiger partial charge >= 0.3 is 116 Å². The molecule has 3 rings (SSSR count). The van der Waals surface area contributed by atoms with Crippen molar-refractivity contribution in [3.05, 3.63) is 64.5 Å². The van der Waals surface area contributed by atoms with E-state index in [-0.39, 0.29) is 163 Å². The molecule has 0 radical (unpaired) electrons. The zero-order chi connectivity index (χ0) is 15.7. The third kappa shape index (κ3) is 6.94. The molecule has 0 spiro atoms. The van der Waals surface area contributed by atoms with Crippen LogP contribution in [-0.2, 0) is 30.6 Å². The Kier molecular flexibility index (Phi) is 16.8. The predicted molar refractivity (Wildman–Crippen MR) is 91.3 cm³/mol. The van der Waals surface area contributed by atoms with Crippen LogP contribution in [0.3, 0.4) is 0 Å². The van der Waals surface area contributed by atoms with Gasteiger partial charge in [-0.2, -0.15) is 37.8 Å². The Morgan fingerprint density at radius 1 is 1.23 bits per heavy atom. The van der Waals surface area contributed by atoms with Gasteiger partial charge in [0.25, 0.3) is 0 Å². The monoisotopic (exact) mass is 682 g/mol. The summed E-state index contributed by atoms with van der Waals surface area (Å²) in [6.07, 6.45) is -0.555.